The van der Waals surface area contributed by atoms with Crippen LogP contribution in [0, 0.1) is 17.0 Å². The number of nitro groups is 1. The molecule has 0 bridgehead atoms. The Morgan fingerprint density at radius 1 is 1.06 bits per heavy atom. The Morgan fingerprint density at radius 2 is 1.82 bits per heavy atom. The van der Waals surface area contributed by atoms with Gasteiger partial charge >= 0.3 is 0 Å². The molecular formula is C24H26N6O3S. The van der Waals surface area contributed by atoms with Gasteiger partial charge in [0.15, 0.2) is 5.16 Å². The lowest BCUT2D eigenvalue weighted by molar-refractivity contribution is -0.384. The van der Waals surface area contributed by atoms with Crippen molar-refractivity contribution in [3.63, 3.8) is 0 Å². The summed E-state index contributed by atoms with van der Waals surface area (Å²) in [5.41, 5.74) is 3.82. The summed E-state index contributed by atoms with van der Waals surface area (Å²) in [4.78, 5) is 27.9. The molecule has 1 fully saturated rings. The van der Waals surface area contributed by atoms with E-state index in [1.165, 1.54) is 23.4 Å². The van der Waals surface area contributed by atoms with E-state index in [1.807, 2.05) is 4.57 Å². The normalized spacial score (nSPS) is 15.4. The van der Waals surface area contributed by atoms with Gasteiger partial charge in [-0.05, 0) is 56.4 Å². The number of thioether (sulfide) groups is 1. The molecule has 9 nitrogen and oxygen atoms in total. The predicted octanol–water partition coefficient (Wildman–Crippen LogP) is 4.16. The Labute approximate surface area is 201 Å². The van der Waals surface area contributed by atoms with Crippen LogP contribution in [0.1, 0.15) is 30.4 Å². The molecule has 0 atom stereocenters. The molecule has 3 heterocycles. The second-order valence-electron chi connectivity index (χ2n) is 8.66. The number of amides is 1. The van der Waals surface area contributed by atoms with Gasteiger partial charge in [0.25, 0.3) is 5.69 Å². The fourth-order valence-corrected chi connectivity index (χ4v) is 5.38. The number of aryl methyl sites for hydroxylation is 2. The minimum atomic E-state index is -0.396. The van der Waals surface area contributed by atoms with Gasteiger partial charge in [-0.1, -0.05) is 29.5 Å². The third kappa shape index (κ3) is 4.37. The van der Waals surface area contributed by atoms with E-state index in [2.05, 4.69) is 46.3 Å². The fourth-order valence-electron chi connectivity index (χ4n) is 4.56. The molecule has 10 heteroatoms. The van der Waals surface area contributed by atoms with Gasteiger partial charge in [-0.2, -0.15) is 0 Å². The average molecular weight is 479 g/mol. The predicted molar refractivity (Wildman–Crippen MR) is 132 cm³/mol. The molecule has 2 aliphatic rings. The van der Waals surface area contributed by atoms with Gasteiger partial charge in [0, 0.05) is 37.5 Å². The second kappa shape index (κ2) is 9.46. The van der Waals surface area contributed by atoms with Crippen molar-refractivity contribution in [2.45, 2.75) is 37.8 Å². The first-order chi connectivity index (χ1) is 16.5. The lowest BCUT2D eigenvalue weighted by Crippen LogP contribution is -2.36. The van der Waals surface area contributed by atoms with Crippen molar-refractivity contribution in [2.24, 2.45) is 0 Å². The van der Waals surface area contributed by atoms with Crippen LogP contribution in [0.5, 0.6) is 0 Å². The number of nitro benzene ring substituents is 1. The molecule has 2 aromatic carbocycles. The number of benzene rings is 2. The molecule has 1 aromatic heterocycles. The molecule has 2 aliphatic heterocycles. The van der Waals surface area contributed by atoms with Crippen molar-refractivity contribution in [1.29, 1.82) is 0 Å². The number of hydrogen-bond donors (Lipinski definition) is 0. The number of carbonyl (C=O) groups is 1. The minimum Gasteiger partial charge on any atom is -0.341 e. The van der Waals surface area contributed by atoms with E-state index in [0.717, 1.165) is 61.7 Å². The van der Waals surface area contributed by atoms with E-state index in [4.69, 9.17) is 0 Å². The maximum atomic E-state index is 13.2. The number of carbonyl (C=O) groups excluding carboxylic acids is 1. The Hall–Kier alpha value is -3.40. The third-order valence-electron chi connectivity index (χ3n) is 6.32. The third-order valence-corrected chi connectivity index (χ3v) is 7.23. The van der Waals surface area contributed by atoms with Crippen molar-refractivity contribution in [3.05, 3.63) is 63.7 Å². The minimum absolute atomic E-state index is 0.0408. The van der Waals surface area contributed by atoms with Crippen LogP contribution in [0.25, 0.3) is 5.69 Å². The molecule has 1 amide bonds. The van der Waals surface area contributed by atoms with Crippen LogP contribution >= 0.6 is 11.8 Å². The van der Waals surface area contributed by atoms with Crippen LogP contribution in [-0.2, 0) is 11.2 Å². The number of anilines is 2. The maximum absolute atomic E-state index is 13.2. The molecule has 0 radical (unpaired) electrons. The zero-order chi connectivity index (χ0) is 23.7. The quantitative estimate of drug-likeness (QED) is 0.298. The molecule has 0 N–H and O–H groups in total. The molecule has 0 spiro atoms. The van der Waals surface area contributed by atoms with Crippen LogP contribution < -0.4 is 9.80 Å². The number of fused-ring (bicyclic) bond motifs is 1. The van der Waals surface area contributed by atoms with Crippen LogP contribution in [0.15, 0.2) is 47.6 Å². The number of hydrogen-bond acceptors (Lipinski definition) is 7. The topological polar surface area (TPSA) is 97.4 Å². The van der Waals surface area contributed by atoms with Gasteiger partial charge in [0.1, 0.15) is 0 Å². The van der Waals surface area contributed by atoms with E-state index in [-0.39, 0.29) is 17.3 Å². The van der Waals surface area contributed by atoms with Crippen LogP contribution in [0.4, 0.5) is 17.3 Å². The summed E-state index contributed by atoms with van der Waals surface area (Å²) in [6, 6.07) is 13.0. The van der Waals surface area contributed by atoms with Crippen molar-refractivity contribution in [1.82, 2.24) is 14.8 Å². The van der Waals surface area contributed by atoms with Crippen LogP contribution in [0.3, 0.4) is 0 Å². The van der Waals surface area contributed by atoms with Gasteiger partial charge < -0.3 is 9.80 Å². The molecule has 34 heavy (non-hydrogen) atoms. The smallest absolute Gasteiger partial charge is 0.269 e. The summed E-state index contributed by atoms with van der Waals surface area (Å²) in [6.07, 6.45) is 3.78. The van der Waals surface area contributed by atoms with Gasteiger partial charge in [-0.3, -0.25) is 19.5 Å². The van der Waals surface area contributed by atoms with E-state index in [0.29, 0.717) is 11.7 Å². The summed E-state index contributed by atoms with van der Waals surface area (Å²) in [7, 11) is 0. The standard InChI is InChI=1S/C24H26N6O3S/c1-17-6-8-19(9-7-17)29-23(27-12-2-3-13-27)25-26-24(29)34-16-22(31)28-14-4-5-18-15-20(30(32)33)10-11-21(18)28/h6-11,15H,2-5,12-14,16H2,1H3. The summed E-state index contributed by atoms with van der Waals surface area (Å²) in [6.45, 7) is 4.55. The molecule has 176 valence electrons. The van der Waals surface area contributed by atoms with Gasteiger partial charge in [0.05, 0.1) is 16.4 Å². The Kier molecular flexibility index (Phi) is 6.23. The SMILES string of the molecule is Cc1ccc(-n2c(SCC(=O)N3CCCc4cc([N+](=O)[O-])ccc43)nnc2N2CCCC2)cc1. The van der Waals surface area contributed by atoms with Gasteiger partial charge in [-0.25, -0.2) is 0 Å². The number of non-ortho nitro benzene ring substituents is 1. The zero-order valence-corrected chi connectivity index (χ0v) is 19.8. The summed E-state index contributed by atoms with van der Waals surface area (Å²) >= 11 is 1.37. The highest BCUT2D eigenvalue weighted by Crippen LogP contribution is 2.33. The fraction of sp³-hybridized carbons (Fsp3) is 0.375. The number of nitrogens with zero attached hydrogens (tertiary/aromatic N) is 6. The highest BCUT2D eigenvalue weighted by Gasteiger charge is 2.26. The van der Waals surface area contributed by atoms with E-state index in [1.54, 1.807) is 17.0 Å². The van der Waals surface area contributed by atoms with Crippen molar-refractivity contribution < 1.29 is 9.72 Å². The summed E-state index contributed by atoms with van der Waals surface area (Å²) in [5, 5.41) is 20.7. The molecular weight excluding hydrogens is 452 g/mol. The highest BCUT2D eigenvalue weighted by atomic mass is 32.2. The maximum Gasteiger partial charge on any atom is 0.269 e. The summed E-state index contributed by atoms with van der Waals surface area (Å²) < 4.78 is 2.04. The Bertz CT molecular complexity index is 1220. The van der Waals surface area contributed by atoms with Crippen molar-refractivity contribution in [3.8, 4) is 5.69 Å². The molecule has 5 rings (SSSR count). The summed E-state index contributed by atoms with van der Waals surface area (Å²) in [5.74, 6) is 0.980. The average Bonchev–Trinajstić information content (AvgIpc) is 3.52. The first kappa shape index (κ1) is 22.4. The lowest BCUT2D eigenvalue weighted by atomic mass is 10.0. The molecule has 3 aromatic rings. The molecule has 0 aliphatic carbocycles. The Morgan fingerprint density at radius 3 is 2.56 bits per heavy atom. The lowest BCUT2D eigenvalue weighted by Gasteiger charge is -2.29. The number of aromatic nitrogens is 3. The highest BCUT2D eigenvalue weighted by molar-refractivity contribution is 7.99. The number of rotatable bonds is 6. The Balaban J connectivity index is 1.38. The zero-order valence-electron chi connectivity index (χ0n) is 19.0. The van der Waals surface area contributed by atoms with Crippen LogP contribution in [-0.4, -0.2) is 51.0 Å². The first-order valence-corrected chi connectivity index (χ1v) is 12.5. The van der Waals surface area contributed by atoms with E-state index < -0.39 is 4.92 Å². The van der Waals surface area contributed by atoms with Crippen molar-refractivity contribution in [2.75, 3.05) is 35.2 Å². The first-order valence-electron chi connectivity index (χ1n) is 11.5. The van der Waals surface area contributed by atoms with E-state index in [9.17, 15) is 14.9 Å². The monoisotopic (exact) mass is 478 g/mol. The van der Waals surface area contributed by atoms with Gasteiger partial charge in [-0.15, -0.1) is 10.2 Å². The molecule has 0 saturated carbocycles. The van der Waals surface area contributed by atoms with Gasteiger partial charge in [0.2, 0.25) is 11.9 Å². The van der Waals surface area contributed by atoms with E-state index >= 15 is 0 Å². The van der Waals surface area contributed by atoms with Crippen molar-refractivity contribution >= 4 is 35.0 Å². The molecule has 1 saturated heterocycles. The second-order valence-corrected chi connectivity index (χ2v) is 9.60. The van der Waals surface area contributed by atoms with Crippen LogP contribution in [0.2, 0.25) is 0 Å². The molecule has 0 unspecified atom stereocenters. The largest absolute Gasteiger partial charge is 0.341 e.